The lowest BCUT2D eigenvalue weighted by Gasteiger charge is -2.22. The number of benzene rings is 1. The highest BCUT2D eigenvalue weighted by Crippen LogP contribution is 2.18. The van der Waals surface area contributed by atoms with E-state index in [4.69, 9.17) is 23.7 Å². The minimum atomic E-state index is -0.650. The van der Waals surface area contributed by atoms with Gasteiger partial charge in [0.15, 0.2) is 12.4 Å². The van der Waals surface area contributed by atoms with Crippen LogP contribution in [0.5, 0.6) is 0 Å². The molecule has 1 heterocycles. The van der Waals surface area contributed by atoms with E-state index < -0.39 is 6.10 Å². The first-order valence-electron chi connectivity index (χ1n) is 13.3. The number of methoxy groups -OCH3 is 1. The van der Waals surface area contributed by atoms with Crippen LogP contribution in [0.1, 0.15) is 82.3 Å². The predicted molar refractivity (Wildman–Crippen MR) is 134 cm³/mol. The van der Waals surface area contributed by atoms with Crippen molar-refractivity contribution in [1.29, 1.82) is 0 Å². The molecular weight excluding hydrogens is 448 g/mol. The van der Waals surface area contributed by atoms with Gasteiger partial charge in [-0.1, -0.05) is 37.1 Å². The zero-order chi connectivity index (χ0) is 25.1. The fraction of sp³-hybridized carbons (Fsp3) is 0.714. The van der Waals surface area contributed by atoms with Crippen molar-refractivity contribution in [2.75, 3.05) is 33.5 Å². The number of hydrogen-bond acceptors (Lipinski definition) is 7. The summed E-state index contributed by atoms with van der Waals surface area (Å²) in [6.07, 6.45) is 10.3. The Balaban J connectivity index is 1.70. The van der Waals surface area contributed by atoms with E-state index in [1.165, 1.54) is 19.1 Å². The fourth-order valence-electron chi connectivity index (χ4n) is 4.20. The van der Waals surface area contributed by atoms with Gasteiger partial charge in [-0.05, 0) is 69.4 Å². The quantitative estimate of drug-likeness (QED) is 0.207. The van der Waals surface area contributed by atoms with Gasteiger partial charge in [0.05, 0.1) is 13.7 Å². The van der Waals surface area contributed by atoms with Gasteiger partial charge in [0.25, 0.3) is 0 Å². The summed E-state index contributed by atoms with van der Waals surface area (Å²) < 4.78 is 27.2. The Morgan fingerprint density at radius 1 is 1.00 bits per heavy atom. The Bertz CT molecular complexity index is 715. The molecule has 0 radical (unpaired) electrons. The van der Waals surface area contributed by atoms with Crippen LogP contribution in [0.2, 0.25) is 0 Å². The highest BCUT2D eigenvalue weighted by atomic mass is 16.7. The van der Waals surface area contributed by atoms with E-state index in [-0.39, 0.29) is 18.2 Å². The molecule has 35 heavy (non-hydrogen) atoms. The first-order valence-corrected chi connectivity index (χ1v) is 13.3. The predicted octanol–water partition coefficient (Wildman–Crippen LogP) is 5.17. The first kappa shape index (κ1) is 29.3. The molecule has 1 aliphatic rings. The summed E-state index contributed by atoms with van der Waals surface area (Å²) >= 11 is 0. The molecule has 0 spiro atoms. The first-order chi connectivity index (χ1) is 17.1. The summed E-state index contributed by atoms with van der Waals surface area (Å²) in [6, 6.07) is 8.23. The molecule has 198 valence electrons. The second kappa shape index (κ2) is 18.3. The molecule has 7 nitrogen and oxygen atoms in total. The van der Waals surface area contributed by atoms with Gasteiger partial charge in [-0.15, -0.1) is 0 Å². The molecule has 0 aromatic heterocycles. The topological polar surface area (TPSA) is 80.3 Å². The normalized spacial score (nSPS) is 16.6. The van der Waals surface area contributed by atoms with E-state index in [9.17, 15) is 9.59 Å². The number of carbonyl (C=O) groups is 2. The van der Waals surface area contributed by atoms with Gasteiger partial charge in [-0.3, -0.25) is 4.79 Å². The fourth-order valence-corrected chi connectivity index (χ4v) is 4.20. The van der Waals surface area contributed by atoms with Crippen LogP contribution in [0.25, 0.3) is 0 Å². The van der Waals surface area contributed by atoms with Gasteiger partial charge < -0.3 is 23.7 Å². The minimum absolute atomic E-state index is 0.00170. The number of aryl methyl sites for hydroxylation is 1. The van der Waals surface area contributed by atoms with Crippen molar-refractivity contribution in [3.05, 3.63) is 35.4 Å². The summed E-state index contributed by atoms with van der Waals surface area (Å²) in [6.45, 7) is 4.17. The maximum absolute atomic E-state index is 12.3. The molecule has 1 aromatic carbocycles. The lowest BCUT2D eigenvalue weighted by atomic mass is 9.97. The van der Waals surface area contributed by atoms with Crippen LogP contribution < -0.4 is 0 Å². The number of ether oxygens (including phenoxy) is 5. The van der Waals surface area contributed by atoms with Crippen LogP contribution in [0.4, 0.5) is 0 Å². The zero-order valence-corrected chi connectivity index (χ0v) is 21.6. The molecular formula is C28H44O7. The van der Waals surface area contributed by atoms with Gasteiger partial charge >= 0.3 is 11.9 Å². The van der Waals surface area contributed by atoms with Crippen molar-refractivity contribution in [2.24, 2.45) is 0 Å². The third-order valence-electron chi connectivity index (χ3n) is 6.17. The Labute approximate surface area is 210 Å². The van der Waals surface area contributed by atoms with Crippen molar-refractivity contribution in [3.63, 3.8) is 0 Å². The Hall–Kier alpha value is -1.96. The number of unbranched alkanes of at least 4 members (excludes halogenated alkanes) is 4. The third kappa shape index (κ3) is 12.5. The summed E-state index contributed by atoms with van der Waals surface area (Å²) in [7, 11) is 1.38. The van der Waals surface area contributed by atoms with Crippen molar-refractivity contribution in [1.82, 2.24) is 0 Å². The number of esters is 2. The summed E-state index contributed by atoms with van der Waals surface area (Å²) in [5, 5.41) is 0. The molecule has 2 rings (SSSR count). The average molecular weight is 493 g/mol. The number of rotatable bonds is 18. The van der Waals surface area contributed by atoms with E-state index in [1.54, 1.807) is 6.92 Å². The molecule has 1 fully saturated rings. The smallest absolute Gasteiger partial charge is 0.335 e. The van der Waals surface area contributed by atoms with Gasteiger partial charge in [0, 0.05) is 32.7 Å². The standard InChI is InChI=1S/C28H44O7/c1-3-32-26(29)17-9-12-19-33-25(28(30)31-2)22-24-16-8-7-15-23(24)14-6-4-5-11-20-34-27-18-10-13-21-35-27/h7-8,15-16,25,27H,3-6,9-14,17-22H2,1-2H3. The molecule has 2 unspecified atom stereocenters. The van der Waals surface area contributed by atoms with E-state index in [0.717, 1.165) is 63.7 Å². The van der Waals surface area contributed by atoms with E-state index >= 15 is 0 Å². The summed E-state index contributed by atoms with van der Waals surface area (Å²) in [5.41, 5.74) is 2.37. The third-order valence-corrected chi connectivity index (χ3v) is 6.17. The highest BCUT2D eigenvalue weighted by molar-refractivity contribution is 5.75. The van der Waals surface area contributed by atoms with Crippen LogP contribution in [0, 0.1) is 0 Å². The Kier molecular flexibility index (Phi) is 15.3. The highest BCUT2D eigenvalue weighted by Gasteiger charge is 2.21. The van der Waals surface area contributed by atoms with Crippen molar-refractivity contribution in [2.45, 2.75) is 96.4 Å². The van der Waals surface area contributed by atoms with E-state index in [0.29, 0.717) is 38.9 Å². The van der Waals surface area contributed by atoms with Crippen LogP contribution in [0.3, 0.4) is 0 Å². The molecule has 0 saturated carbocycles. The average Bonchev–Trinajstić information content (AvgIpc) is 2.88. The SMILES string of the molecule is CCOC(=O)CCCCOC(Cc1ccccc1CCCCCCOC1CCCCO1)C(=O)OC. The van der Waals surface area contributed by atoms with Crippen molar-refractivity contribution in [3.8, 4) is 0 Å². The monoisotopic (exact) mass is 492 g/mol. The van der Waals surface area contributed by atoms with Gasteiger partial charge in [0.1, 0.15) is 0 Å². The maximum atomic E-state index is 12.3. The second-order valence-electron chi connectivity index (χ2n) is 8.95. The van der Waals surface area contributed by atoms with Gasteiger partial charge in [0.2, 0.25) is 0 Å². The van der Waals surface area contributed by atoms with Crippen molar-refractivity contribution >= 4 is 11.9 Å². The molecule has 0 bridgehead atoms. The van der Waals surface area contributed by atoms with Crippen molar-refractivity contribution < 1.29 is 33.3 Å². The molecule has 0 aliphatic carbocycles. The Morgan fingerprint density at radius 3 is 2.51 bits per heavy atom. The lowest BCUT2D eigenvalue weighted by Crippen LogP contribution is -2.29. The summed E-state index contributed by atoms with van der Waals surface area (Å²) in [4.78, 5) is 23.8. The van der Waals surface area contributed by atoms with E-state index in [2.05, 4.69) is 12.1 Å². The molecule has 7 heteroatoms. The van der Waals surface area contributed by atoms with E-state index in [1.807, 2.05) is 12.1 Å². The van der Waals surface area contributed by atoms with Crippen LogP contribution in [-0.4, -0.2) is 57.9 Å². The summed E-state index contributed by atoms with van der Waals surface area (Å²) in [5.74, 6) is -0.566. The molecule has 1 aliphatic heterocycles. The minimum Gasteiger partial charge on any atom is -0.467 e. The van der Waals surface area contributed by atoms with Crippen LogP contribution in [-0.2, 0) is 46.1 Å². The molecule has 0 N–H and O–H groups in total. The molecule has 1 saturated heterocycles. The molecule has 2 atom stereocenters. The number of hydrogen-bond donors (Lipinski definition) is 0. The van der Waals surface area contributed by atoms with Gasteiger partial charge in [-0.25, -0.2) is 4.79 Å². The van der Waals surface area contributed by atoms with Crippen LogP contribution in [0.15, 0.2) is 24.3 Å². The maximum Gasteiger partial charge on any atom is 0.335 e. The van der Waals surface area contributed by atoms with Crippen LogP contribution >= 0.6 is 0 Å². The Morgan fingerprint density at radius 2 is 1.77 bits per heavy atom. The molecule has 1 aromatic rings. The second-order valence-corrected chi connectivity index (χ2v) is 8.95. The van der Waals surface area contributed by atoms with Gasteiger partial charge in [-0.2, -0.15) is 0 Å². The number of carbonyl (C=O) groups excluding carboxylic acids is 2. The largest absolute Gasteiger partial charge is 0.467 e. The molecule has 0 amide bonds. The lowest BCUT2D eigenvalue weighted by molar-refractivity contribution is -0.162. The zero-order valence-electron chi connectivity index (χ0n) is 21.6.